The number of aromatic nitrogens is 1. The molecule has 2 N–H and O–H groups in total. The van der Waals surface area contributed by atoms with E-state index < -0.39 is 0 Å². The van der Waals surface area contributed by atoms with Crippen LogP contribution in [0.4, 0.5) is 0 Å². The van der Waals surface area contributed by atoms with E-state index in [0.29, 0.717) is 17.9 Å². The lowest BCUT2D eigenvalue weighted by Crippen LogP contribution is -2.47. The summed E-state index contributed by atoms with van der Waals surface area (Å²) >= 11 is 0. The topological polar surface area (TPSA) is 37.0 Å². The van der Waals surface area contributed by atoms with Gasteiger partial charge in [-0.05, 0) is 36.0 Å². The summed E-state index contributed by atoms with van der Waals surface area (Å²) in [6.07, 6.45) is 4.59. The number of rotatable bonds is 2. The van der Waals surface area contributed by atoms with Gasteiger partial charge in [-0.3, -0.25) is 0 Å². The number of H-pyrrole nitrogens is 1. The number of nitrogens with one attached hydrogen (secondary N) is 2. The molecule has 3 heteroatoms. The molecule has 1 aliphatic carbocycles. The summed E-state index contributed by atoms with van der Waals surface area (Å²) in [7, 11) is 1.80. The highest BCUT2D eigenvalue weighted by molar-refractivity contribution is 5.88. The van der Waals surface area contributed by atoms with Crippen LogP contribution in [0.15, 0.2) is 24.4 Å². The molecule has 0 spiro atoms. The third-order valence-corrected chi connectivity index (χ3v) is 4.80. The Morgan fingerprint density at radius 1 is 1.37 bits per heavy atom. The van der Waals surface area contributed by atoms with Gasteiger partial charge in [0.1, 0.15) is 0 Å². The van der Waals surface area contributed by atoms with Gasteiger partial charge in [0.05, 0.1) is 6.61 Å². The molecule has 1 aromatic carbocycles. The second kappa shape index (κ2) is 4.36. The molecule has 1 aliphatic heterocycles. The molecule has 0 saturated carbocycles. The lowest BCUT2D eigenvalue weighted by Gasteiger charge is -2.40. The molecule has 1 aromatic heterocycles. The molecule has 2 aromatic rings. The summed E-state index contributed by atoms with van der Waals surface area (Å²) in [6, 6.07) is 7.28. The fraction of sp³-hybridized carbons (Fsp3) is 0.500. The standard InChI is InChI=1S/C16H20N2O/c1-19-9-10-5-13-12-3-2-4-14-16(12)11(8-18-14)6-15(13)17-7-10/h2-4,8,10,13,15,17-18H,5-7,9H2,1H3/t10?,13?,15-/m1/s1. The summed E-state index contributed by atoms with van der Waals surface area (Å²) < 4.78 is 5.34. The van der Waals surface area contributed by atoms with Crippen LogP contribution in [0.1, 0.15) is 23.5 Å². The van der Waals surface area contributed by atoms with Crippen molar-refractivity contribution in [3.63, 3.8) is 0 Å². The van der Waals surface area contributed by atoms with Crippen molar-refractivity contribution in [2.45, 2.75) is 24.8 Å². The van der Waals surface area contributed by atoms with Gasteiger partial charge in [0.2, 0.25) is 0 Å². The highest BCUT2D eigenvalue weighted by Crippen LogP contribution is 2.41. The van der Waals surface area contributed by atoms with Crippen molar-refractivity contribution >= 4 is 10.9 Å². The van der Waals surface area contributed by atoms with E-state index in [1.54, 1.807) is 7.11 Å². The monoisotopic (exact) mass is 256 g/mol. The fourth-order valence-corrected chi connectivity index (χ4v) is 3.98. The molecule has 3 atom stereocenters. The minimum atomic E-state index is 0.599. The zero-order chi connectivity index (χ0) is 12.8. The zero-order valence-corrected chi connectivity index (χ0v) is 11.3. The summed E-state index contributed by atoms with van der Waals surface area (Å²) in [5, 5.41) is 5.21. The summed E-state index contributed by atoms with van der Waals surface area (Å²) in [4.78, 5) is 3.41. The average molecular weight is 256 g/mol. The number of benzene rings is 1. The van der Waals surface area contributed by atoms with Crippen LogP contribution in [-0.4, -0.2) is 31.3 Å². The number of ether oxygens (including phenoxy) is 1. The summed E-state index contributed by atoms with van der Waals surface area (Å²) in [5.41, 5.74) is 4.29. The van der Waals surface area contributed by atoms with Gasteiger partial charge in [-0.15, -0.1) is 0 Å². The molecule has 100 valence electrons. The first kappa shape index (κ1) is 11.5. The van der Waals surface area contributed by atoms with Gasteiger partial charge >= 0.3 is 0 Å². The average Bonchev–Trinajstić information content (AvgIpc) is 2.85. The second-order valence-corrected chi connectivity index (χ2v) is 5.97. The van der Waals surface area contributed by atoms with Gasteiger partial charge < -0.3 is 15.0 Å². The van der Waals surface area contributed by atoms with Crippen molar-refractivity contribution in [2.24, 2.45) is 5.92 Å². The number of piperidine rings is 1. The first-order valence-corrected chi connectivity index (χ1v) is 7.18. The number of hydrogen-bond donors (Lipinski definition) is 2. The van der Waals surface area contributed by atoms with Crippen molar-refractivity contribution in [2.75, 3.05) is 20.3 Å². The maximum atomic E-state index is 5.34. The van der Waals surface area contributed by atoms with Crippen molar-refractivity contribution in [1.82, 2.24) is 10.3 Å². The van der Waals surface area contributed by atoms with Crippen LogP contribution in [0.2, 0.25) is 0 Å². The van der Waals surface area contributed by atoms with E-state index in [2.05, 4.69) is 34.7 Å². The fourth-order valence-electron chi connectivity index (χ4n) is 3.98. The Morgan fingerprint density at radius 3 is 3.21 bits per heavy atom. The smallest absolute Gasteiger partial charge is 0.0502 e. The Hall–Kier alpha value is -1.32. The third kappa shape index (κ3) is 1.72. The number of methoxy groups -OCH3 is 1. The van der Waals surface area contributed by atoms with E-state index in [-0.39, 0.29) is 0 Å². The normalized spacial score (nSPS) is 29.4. The third-order valence-electron chi connectivity index (χ3n) is 4.80. The number of aromatic amines is 1. The van der Waals surface area contributed by atoms with Crippen LogP contribution in [0.5, 0.6) is 0 Å². The first-order valence-electron chi connectivity index (χ1n) is 7.18. The van der Waals surface area contributed by atoms with Crippen molar-refractivity contribution in [3.05, 3.63) is 35.5 Å². The SMILES string of the molecule is COCC1CN[C@@H]2Cc3c[nH]c4cccc(c34)C2C1. The Kier molecular flexibility index (Phi) is 2.64. The predicted octanol–water partition coefficient (Wildman–Crippen LogP) is 2.43. The Bertz CT molecular complexity index is 604. The van der Waals surface area contributed by atoms with Crippen molar-refractivity contribution in [1.29, 1.82) is 0 Å². The summed E-state index contributed by atoms with van der Waals surface area (Å²) in [6.45, 7) is 1.96. The van der Waals surface area contributed by atoms with Crippen molar-refractivity contribution < 1.29 is 4.74 Å². The molecule has 4 rings (SSSR count). The van der Waals surface area contributed by atoms with E-state index in [0.717, 1.165) is 19.6 Å². The van der Waals surface area contributed by atoms with Gasteiger partial charge in [0, 0.05) is 42.7 Å². The predicted molar refractivity (Wildman–Crippen MR) is 76.5 cm³/mol. The molecule has 0 amide bonds. The minimum absolute atomic E-state index is 0.599. The quantitative estimate of drug-likeness (QED) is 0.866. The molecule has 1 saturated heterocycles. The van der Waals surface area contributed by atoms with E-state index in [1.807, 2.05) is 0 Å². The lowest BCUT2D eigenvalue weighted by molar-refractivity contribution is 0.121. The molecule has 19 heavy (non-hydrogen) atoms. The van der Waals surface area contributed by atoms with Gasteiger partial charge in [-0.1, -0.05) is 12.1 Å². The molecule has 2 heterocycles. The first-order chi connectivity index (χ1) is 9.36. The molecule has 0 radical (unpaired) electrons. The zero-order valence-electron chi connectivity index (χ0n) is 11.3. The van der Waals surface area contributed by atoms with Crippen LogP contribution in [-0.2, 0) is 11.2 Å². The Labute approximate surface area is 113 Å². The van der Waals surface area contributed by atoms with Crippen LogP contribution >= 0.6 is 0 Å². The molecule has 2 aliphatic rings. The highest BCUT2D eigenvalue weighted by Gasteiger charge is 2.36. The molecule has 1 fully saturated rings. The van der Waals surface area contributed by atoms with Gasteiger partial charge in [-0.2, -0.15) is 0 Å². The lowest BCUT2D eigenvalue weighted by atomic mass is 9.73. The van der Waals surface area contributed by atoms with E-state index in [1.165, 1.54) is 28.5 Å². The van der Waals surface area contributed by atoms with E-state index in [9.17, 15) is 0 Å². The van der Waals surface area contributed by atoms with Crippen LogP contribution in [0.3, 0.4) is 0 Å². The highest BCUT2D eigenvalue weighted by atomic mass is 16.5. The second-order valence-electron chi connectivity index (χ2n) is 5.97. The largest absolute Gasteiger partial charge is 0.384 e. The minimum Gasteiger partial charge on any atom is -0.384 e. The molecule has 2 unspecified atom stereocenters. The maximum absolute atomic E-state index is 5.34. The van der Waals surface area contributed by atoms with E-state index >= 15 is 0 Å². The molecule has 3 nitrogen and oxygen atoms in total. The number of hydrogen-bond acceptors (Lipinski definition) is 2. The molecular weight excluding hydrogens is 236 g/mol. The number of fused-ring (bicyclic) bond motifs is 2. The molecule has 0 bridgehead atoms. The molecular formula is C16H20N2O. The van der Waals surface area contributed by atoms with Gasteiger partial charge in [0.25, 0.3) is 0 Å². The summed E-state index contributed by atoms with van der Waals surface area (Å²) in [5.74, 6) is 1.28. The Morgan fingerprint density at radius 2 is 2.32 bits per heavy atom. The maximum Gasteiger partial charge on any atom is 0.0502 e. The van der Waals surface area contributed by atoms with Crippen molar-refractivity contribution in [3.8, 4) is 0 Å². The van der Waals surface area contributed by atoms with Crippen LogP contribution < -0.4 is 5.32 Å². The van der Waals surface area contributed by atoms with E-state index in [4.69, 9.17) is 4.74 Å². The van der Waals surface area contributed by atoms with Crippen LogP contribution in [0.25, 0.3) is 10.9 Å². The Balaban J connectivity index is 1.76. The van der Waals surface area contributed by atoms with Gasteiger partial charge in [-0.25, -0.2) is 0 Å². The van der Waals surface area contributed by atoms with Gasteiger partial charge in [0.15, 0.2) is 0 Å². The van der Waals surface area contributed by atoms with Crippen LogP contribution in [0, 0.1) is 5.92 Å².